The van der Waals surface area contributed by atoms with Crippen LogP contribution in [0.4, 0.5) is 0 Å². The molecular weight excluding hydrogens is 274 g/mol. The molecule has 0 saturated heterocycles. The molecule has 0 heterocycles. The van der Waals surface area contributed by atoms with Crippen LogP contribution in [-0.2, 0) is 4.79 Å². The molecule has 0 aliphatic rings. The Kier molecular flexibility index (Phi) is 6.36. The summed E-state index contributed by atoms with van der Waals surface area (Å²) in [6, 6.07) is 7.65. The van der Waals surface area contributed by atoms with E-state index in [2.05, 4.69) is 5.32 Å². The minimum atomic E-state index is -0.615. The lowest BCUT2D eigenvalue weighted by atomic mass is 9.99. The van der Waals surface area contributed by atoms with Crippen molar-refractivity contribution in [2.75, 3.05) is 12.4 Å². The Bertz CT molecular complexity index is 429. The van der Waals surface area contributed by atoms with Gasteiger partial charge in [-0.2, -0.15) is 0 Å². The Morgan fingerprint density at radius 3 is 2.50 bits per heavy atom. The number of benzene rings is 1. The highest BCUT2D eigenvalue weighted by atomic mass is 32.2. The fourth-order valence-corrected chi connectivity index (χ4v) is 2.15. The zero-order valence-electron chi connectivity index (χ0n) is 12.5. The molecule has 4 nitrogen and oxygen atoms in total. The predicted octanol–water partition coefficient (Wildman–Crippen LogP) is 2.45. The Hall–Kier alpha value is -1.20. The molecule has 0 aliphatic carbocycles. The number of thioether (sulfide) groups is 1. The summed E-state index contributed by atoms with van der Waals surface area (Å²) in [4.78, 5) is 12.9. The van der Waals surface area contributed by atoms with Crippen LogP contribution in [-0.4, -0.2) is 35.0 Å². The summed E-state index contributed by atoms with van der Waals surface area (Å²) in [5, 5.41) is 12.4. The van der Waals surface area contributed by atoms with E-state index in [0.717, 1.165) is 10.6 Å². The Labute approximate surface area is 124 Å². The highest BCUT2D eigenvalue weighted by Gasteiger charge is 2.25. The number of aliphatic hydroxyl groups is 1. The van der Waals surface area contributed by atoms with E-state index in [1.54, 1.807) is 20.8 Å². The smallest absolute Gasteiger partial charge is 0.230 e. The molecule has 0 bridgehead atoms. The minimum absolute atomic E-state index is 0.0882. The number of amides is 1. The molecule has 1 unspecified atom stereocenters. The molecule has 1 amide bonds. The fourth-order valence-electron chi connectivity index (χ4n) is 1.45. The molecule has 0 saturated carbocycles. The molecule has 1 aromatic rings. The molecule has 5 heteroatoms. The average Bonchev–Trinajstić information content (AvgIpc) is 2.37. The van der Waals surface area contributed by atoms with Gasteiger partial charge < -0.3 is 15.2 Å². The van der Waals surface area contributed by atoms with Crippen molar-refractivity contribution in [3.05, 3.63) is 24.3 Å². The number of carbonyl (C=O) groups excluding carboxylic acids is 1. The molecule has 2 N–H and O–H groups in total. The quantitative estimate of drug-likeness (QED) is 0.759. The van der Waals surface area contributed by atoms with Gasteiger partial charge in [0.1, 0.15) is 5.75 Å². The van der Waals surface area contributed by atoms with E-state index in [1.807, 2.05) is 31.2 Å². The van der Waals surface area contributed by atoms with Crippen molar-refractivity contribution < 1.29 is 14.6 Å². The Morgan fingerprint density at radius 1 is 1.40 bits per heavy atom. The maximum Gasteiger partial charge on any atom is 0.230 e. The van der Waals surface area contributed by atoms with E-state index in [-0.39, 0.29) is 5.91 Å². The first kappa shape index (κ1) is 16.9. The lowest BCUT2D eigenvalue weighted by Crippen LogP contribution is -2.51. The second-order valence-corrected chi connectivity index (χ2v) is 6.19. The van der Waals surface area contributed by atoms with E-state index in [0.29, 0.717) is 12.4 Å². The summed E-state index contributed by atoms with van der Waals surface area (Å²) in [6.07, 6.45) is -0.595. The summed E-state index contributed by atoms with van der Waals surface area (Å²) >= 11 is 1.46. The van der Waals surface area contributed by atoms with E-state index in [1.165, 1.54) is 11.8 Å². The Balaban J connectivity index is 2.45. The predicted molar refractivity (Wildman–Crippen MR) is 82.2 cm³/mol. The Morgan fingerprint density at radius 2 is 2.00 bits per heavy atom. The largest absolute Gasteiger partial charge is 0.494 e. The maximum absolute atomic E-state index is 11.8. The summed E-state index contributed by atoms with van der Waals surface area (Å²) in [5.74, 6) is 1.07. The number of aliphatic hydroxyl groups excluding tert-OH is 1. The van der Waals surface area contributed by atoms with Crippen LogP contribution in [0.5, 0.6) is 5.75 Å². The number of hydrogen-bond donors (Lipinski definition) is 2. The SMILES string of the molecule is CCOc1ccc(SCC(=O)NC(C)(C)C(C)O)cc1. The van der Waals surface area contributed by atoms with Crippen molar-refractivity contribution in [1.82, 2.24) is 5.32 Å². The number of ether oxygens (including phenoxy) is 1. The first-order valence-corrected chi connectivity index (χ1v) is 7.68. The molecule has 0 fully saturated rings. The lowest BCUT2D eigenvalue weighted by molar-refractivity contribution is -0.121. The molecule has 0 aliphatic heterocycles. The van der Waals surface area contributed by atoms with Crippen LogP contribution in [0.15, 0.2) is 29.2 Å². The van der Waals surface area contributed by atoms with E-state index in [4.69, 9.17) is 4.74 Å². The molecule has 20 heavy (non-hydrogen) atoms. The third-order valence-electron chi connectivity index (χ3n) is 3.01. The van der Waals surface area contributed by atoms with Crippen LogP contribution in [0, 0.1) is 0 Å². The number of carbonyl (C=O) groups is 1. The van der Waals surface area contributed by atoms with E-state index < -0.39 is 11.6 Å². The van der Waals surface area contributed by atoms with Gasteiger partial charge in [-0.05, 0) is 52.0 Å². The van der Waals surface area contributed by atoms with Gasteiger partial charge in [0, 0.05) is 4.90 Å². The molecule has 0 spiro atoms. The van der Waals surface area contributed by atoms with Gasteiger partial charge >= 0.3 is 0 Å². The third-order valence-corrected chi connectivity index (χ3v) is 4.02. The first-order chi connectivity index (χ1) is 9.35. The average molecular weight is 297 g/mol. The summed E-state index contributed by atoms with van der Waals surface area (Å²) in [5.41, 5.74) is -0.615. The van der Waals surface area contributed by atoms with Crippen LogP contribution in [0.1, 0.15) is 27.7 Å². The van der Waals surface area contributed by atoms with Gasteiger partial charge in [0.25, 0.3) is 0 Å². The van der Waals surface area contributed by atoms with Gasteiger partial charge in [0.15, 0.2) is 0 Å². The molecule has 1 rings (SSSR count). The van der Waals surface area contributed by atoms with Crippen molar-refractivity contribution in [3.8, 4) is 5.75 Å². The molecule has 112 valence electrons. The van der Waals surface area contributed by atoms with Gasteiger partial charge in [-0.15, -0.1) is 11.8 Å². The lowest BCUT2D eigenvalue weighted by Gasteiger charge is -2.29. The number of nitrogens with one attached hydrogen (secondary N) is 1. The van der Waals surface area contributed by atoms with Crippen molar-refractivity contribution in [2.45, 2.75) is 44.2 Å². The number of hydrogen-bond acceptors (Lipinski definition) is 4. The fraction of sp³-hybridized carbons (Fsp3) is 0.533. The van der Waals surface area contributed by atoms with Gasteiger partial charge in [-0.3, -0.25) is 4.79 Å². The minimum Gasteiger partial charge on any atom is -0.494 e. The van der Waals surface area contributed by atoms with Crippen molar-refractivity contribution >= 4 is 17.7 Å². The second-order valence-electron chi connectivity index (χ2n) is 5.14. The highest BCUT2D eigenvalue weighted by molar-refractivity contribution is 8.00. The van der Waals surface area contributed by atoms with Crippen molar-refractivity contribution in [1.29, 1.82) is 0 Å². The zero-order valence-corrected chi connectivity index (χ0v) is 13.3. The normalized spacial score (nSPS) is 12.8. The summed E-state index contributed by atoms with van der Waals surface area (Å²) < 4.78 is 5.36. The van der Waals surface area contributed by atoms with Gasteiger partial charge in [-0.25, -0.2) is 0 Å². The molecule has 1 aromatic carbocycles. The standard InChI is InChI=1S/C15H23NO3S/c1-5-19-12-6-8-13(9-7-12)20-10-14(18)16-15(3,4)11(2)17/h6-9,11,17H,5,10H2,1-4H3,(H,16,18). The van der Waals surface area contributed by atoms with Crippen molar-refractivity contribution in [2.24, 2.45) is 0 Å². The number of rotatable bonds is 7. The molecule has 0 aromatic heterocycles. The van der Waals surface area contributed by atoms with Crippen LogP contribution in [0.3, 0.4) is 0 Å². The monoisotopic (exact) mass is 297 g/mol. The van der Waals surface area contributed by atoms with Crippen LogP contribution >= 0.6 is 11.8 Å². The van der Waals surface area contributed by atoms with Gasteiger partial charge in [0.2, 0.25) is 5.91 Å². The highest BCUT2D eigenvalue weighted by Crippen LogP contribution is 2.21. The summed E-state index contributed by atoms with van der Waals surface area (Å²) in [6.45, 7) is 7.86. The van der Waals surface area contributed by atoms with Crippen LogP contribution in [0.25, 0.3) is 0 Å². The molecular formula is C15H23NO3S. The summed E-state index contributed by atoms with van der Waals surface area (Å²) in [7, 11) is 0. The van der Waals surface area contributed by atoms with Crippen LogP contribution < -0.4 is 10.1 Å². The van der Waals surface area contributed by atoms with Crippen molar-refractivity contribution in [3.63, 3.8) is 0 Å². The van der Waals surface area contributed by atoms with E-state index >= 15 is 0 Å². The molecule has 1 atom stereocenters. The maximum atomic E-state index is 11.8. The third kappa shape index (κ3) is 5.43. The van der Waals surface area contributed by atoms with E-state index in [9.17, 15) is 9.90 Å². The first-order valence-electron chi connectivity index (χ1n) is 6.70. The van der Waals surface area contributed by atoms with Gasteiger partial charge in [-0.1, -0.05) is 0 Å². The second kappa shape index (κ2) is 7.55. The zero-order chi connectivity index (χ0) is 15.2. The topological polar surface area (TPSA) is 58.6 Å². The molecule has 0 radical (unpaired) electrons. The van der Waals surface area contributed by atoms with Gasteiger partial charge in [0.05, 0.1) is 24.0 Å². The van der Waals surface area contributed by atoms with Crippen LogP contribution in [0.2, 0.25) is 0 Å².